The number of hydrogen-bond acceptors (Lipinski definition) is 5. The van der Waals surface area contributed by atoms with Crippen molar-refractivity contribution in [3.05, 3.63) is 94.1 Å². The number of fused-ring (bicyclic) bond motifs is 1. The molecule has 0 aliphatic carbocycles. The number of aryl methyl sites for hydroxylation is 1. The van der Waals surface area contributed by atoms with Crippen molar-refractivity contribution >= 4 is 44.4 Å². The Labute approximate surface area is 228 Å². The normalized spacial score (nSPS) is 15.0. The Hall–Kier alpha value is -4.04. The van der Waals surface area contributed by atoms with E-state index in [9.17, 15) is 9.59 Å². The number of carboxylic acid groups (broad SMARTS) is 1. The van der Waals surface area contributed by atoms with Crippen LogP contribution in [0, 0.1) is 6.92 Å². The Morgan fingerprint density at radius 2 is 1.76 bits per heavy atom. The molecule has 0 bridgehead atoms. The number of pyridine rings is 1. The fraction of sp³-hybridized carbons (Fsp3) is 0.200. The molecule has 0 saturated carbocycles. The van der Waals surface area contributed by atoms with Crippen molar-refractivity contribution in [3.63, 3.8) is 0 Å². The third kappa shape index (κ3) is 5.04. The van der Waals surface area contributed by atoms with Crippen LogP contribution in [0.5, 0.6) is 5.75 Å². The molecule has 7 nitrogen and oxygen atoms in total. The van der Waals surface area contributed by atoms with Gasteiger partial charge >= 0.3 is 5.97 Å². The molecule has 1 unspecified atom stereocenters. The van der Waals surface area contributed by atoms with E-state index in [0.29, 0.717) is 12.2 Å². The summed E-state index contributed by atoms with van der Waals surface area (Å²) in [7, 11) is 1.60. The predicted molar refractivity (Wildman–Crippen MR) is 150 cm³/mol. The van der Waals surface area contributed by atoms with Gasteiger partial charge in [-0.25, -0.2) is 5.01 Å². The maximum absolute atomic E-state index is 13.2. The van der Waals surface area contributed by atoms with Crippen LogP contribution in [0.1, 0.15) is 42.1 Å². The van der Waals surface area contributed by atoms with Crippen molar-refractivity contribution < 1.29 is 19.4 Å². The number of carbonyl (C=O) groups is 2. The monoisotopic (exact) mass is 571 g/mol. The number of methoxy groups -OCH3 is 1. The molecule has 0 fully saturated rings. The Morgan fingerprint density at radius 1 is 1.03 bits per heavy atom. The molecule has 0 radical (unpaired) electrons. The zero-order chi connectivity index (χ0) is 26.8. The molecule has 5 rings (SSSR count). The number of halogens is 1. The minimum atomic E-state index is -1.02. The van der Waals surface area contributed by atoms with Crippen LogP contribution in [-0.2, 0) is 9.59 Å². The summed E-state index contributed by atoms with van der Waals surface area (Å²) in [5, 5.41) is 16.4. The molecular formula is C30H26BrN3O4. The average Bonchev–Trinajstić information content (AvgIpc) is 3.37. The maximum atomic E-state index is 13.2. The van der Waals surface area contributed by atoms with E-state index in [2.05, 4.69) is 34.1 Å². The van der Waals surface area contributed by atoms with Gasteiger partial charge in [-0.2, -0.15) is 5.10 Å². The third-order valence-electron chi connectivity index (χ3n) is 6.70. The standard InChI is InChI=1S/C30H26BrN3O4/c1-18-29(30(20-6-4-3-5-7-20)23-16-21(31)10-13-24(23)32-18)25-17-26(19-8-11-22(38-2)12-9-19)34(33-25)27(35)14-15-28(36)37/h3-13,16,26H,14-15,17H2,1-2H3,(H,36,37). The van der Waals surface area contributed by atoms with Crippen LogP contribution in [0.25, 0.3) is 22.0 Å². The molecule has 1 amide bonds. The van der Waals surface area contributed by atoms with Gasteiger partial charge in [-0.15, -0.1) is 0 Å². The number of nitrogens with zero attached hydrogens (tertiary/aromatic N) is 3. The first kappa shape index (κ1) is 25.6. The van der Waals surface area contributed by atoms with Gasteiger partial charge in [0.2, 0.25) is 5.91 Å². The highest BCUT2D eigenvalue weighted by Crippen LogP contribution is 2.40. The number of ether oxygens (including phenoxy) is 1. The molecule has 192 valence electrons. The van der Waals surface area contributed by atoms with Gasteiger partial charge in [-0.1, -0.05) is 58.4 Å². The predicted octanol–water partition coefficient (Wildman–Crippen LogP) is 6.52. The summed E-state index contributed by atoms with van der Waals surface area (Å²) >= 11 is 3.61. The Kier molecular flexibility index (Phi) is 7.24. The Bertz CT molecular complexity index is 1550. The number of rotatable bonds is 7. The summed E-state index contributed by atoms with van der Waals surface area (Å²) in [6.07, 6.45) is 0.0780. The van der Waals surface area contributed by atoms with Crippen LogP contribution < -0.4 is 4.74 Å². The molecule has 1 aliphatic rings. The third-order valence-corrected chi connectivity index (χ3v) is 7.19. The van der Waals surface area contributed by atoms with Crippen molar-refractivity contribution in [2.24, 2.45) is 5.10 Å². The van der Waals surface area contributed by atoms with Crippen LogP contribution in [0.4, 0.5) is 0 Å². The first-order valence-electron chi connectivity index (χ1n) is 12.3. The van der Waals surface area contributed by atoms with Gasteiger partial charge in [-0.3, -0.25) is 14.6 Å². The molecule has 1 atom stereocenters. The highest BCUT2D eigenvalue weighted by molar-refractivity contribution is 9.10. The minimum Gasteiger partial charge on any atom is -0.497 e. The smallest absolute Gasteiger partial charge is 0.303 e. The van der Waals surface area contributed by atoms with Crippen molar-refractivity contribution in [3.8, 4) is 16.9 Å². The van der Waals surface area contributed by atoms with E-state index in [1.165, 1.54) is 5.01 Å². The molecule has 38 heavy (non-hydrogen) atoms. The second kappa shape index (κ2) is 10.8. The number of carbonyl (C=O) groups excluding carboxylic acids is 1. The molecular weight excluding hydrogens is 546 g/mol. The van der Waals surface area contributed by atoms with Crippen LogP contribution in [-0.4, -0.2) is 39.8 Å². The highest BCUT2D eigenvalue weighted by Gasteiger charge is 2.35. The van der Waals surface area contributed by atoms with Crippen molar-refractivity contribution in [1.82, 2.24) is 9.99 Å². The molecule has 8 heteroatoms. The van der Waals surface area contributed by atoms with Crippen LogP contribution in [0.3, 0.4) is 0 Å². The first-order chi connectivity index (χ1) is 18.4. The van der Waals surface area contributed by atoms with Gasteiger partial charge in [-0.05, 0) is 48.4 Å². The zero-order valence-electron chi connectivity index (χ0n) is 21.0. The van der Waals surface area contributed by atoms with Crippen molar-refractivity contribution in [1.29, 1.82) is 0 Å². The van der Waals surface area contributed by atoms with E-state index < -0.39 is 5.97 Å². The summed E-state index contributed by atoms with van der Waals surface area (Å²) < 4.78 is 6.24. The molecule has 1 aromatic heterocycles. The van der Waals surface area contributed by atoms with E-state index in [1.807, 2.05) is 61.5 Å². The Morgan fingerprint density at radius 3 is 2.45 bits per heavy atom. The van der Waals surface area contributed by atoms with E-state index in [1.54, 1.807) is 7.11 Å². The van der Waals surface area contributed by atoms with Gasteiger partial charge in [0.05, 0.1) is 30.8 Å². The zero-order valence-corrected chi connectivity index (χ0v) is 22.6. The number of amides is 1. The molecule has 4 aromatic rings. The van der Waals surface area contributed by atoms with E-state index in [0.717, 1.165) is 49.0 Å². The number of hydrogen-bond donors (Lipinski definition) is 1. The van der Waals surface area contributed by atoms with Gasteiger partial charge in [0.1, 0.15) is 5.75 Å². The fourth-order valence-electron chi connectivity index (χ4n) is 4.92. The second-order valence-electron chi connectivity index (χ2n) is 9.15. The lowest BCUT2D eigenvalue weighted by Gasteiger charge is -2.22. The second-order valence-corrected chi connectivity index (χ2v) is 10.1. The molecule has 1 N–H and O–H groups in total. The lowest BCUT2D eigenvalue weighted by Crippen LogP contribution is -2.27. The number of hydrazone groups is 1. The van der Waals surface area contributed by atoms with Crippen molar-refractivity contribution in [2.75, 3.05) is 7.11 Å². The average molecular weight is 572 g/mol. The summed E-state index contributed by atoms with van der Waals surface area (Å²) in [6.45, 7) is 1.96. The first-order valence-corrected chi connectivity index (χ1v) is 13.1. The van der Waals surface area contributed by atoms with E-state index in [-0.39, 0.29) is 24.8 Å². The van der Waals surface area contributed by atoms with Crippen molar-refractivity contribution in [2.45, 2.75) is 32.2 Å². The van der Waals surface area contributed by atoms with Crippen LogP contribution in [0.2, 0.25) is 0 Å². The number of carboxylic acids is 1. The summed E-state index contributed by atoms with van der Waals surface area (Å²) in [4.78, 5) is 29.3. The minimum absolute atomic E-state index is 0.133. The summed E-state index contributed by atoms with van der Waals surface area (Å²) in [6, 6.07) is 23.3. The largest absolute Gasteiger partial charge is 0.497 e. The lowest BCUT2D eigenvalue weighted by atomic mass is 9.89. The van der Waals surface area contributed by atoms with Crippen LogP contribution >= 0.6 is 15.9 Å². The highest BCUT2D eigenvalue weighted by atomic mass is 79.9. The summed E-state index contributed by atoms with van der Waals surface area (Å²) in [5.74, 6) is -0.643. The quantitative estimate of drug-likeness (QED) is 0.272. The molecule has 3 aromatic carbocycles. The number of aliphatic carboxylic acids is 1. The summed E-state index contributed by atoms with van der Waals surface area (Å²) in [5.41, 5.74) is 6.22. The Balaban J connectivity index is 1.67. The van der Waals surface area contributed by atoms with Gasteiger partial charge in [0.15, 0.2) is 0 Å². The number of benzene rings is 3. The molecule has 2 heterocycles. The van der Waals surface area contributed by atoms with Crippen LogP contribution in [0.15, 0.2) is 82.4 Å². The van der Waals surface area contributed by atoms with Gasteiger partial charge in [0, 0.05) is 39.5 Å². The maximum Gasteiger partial charge on any atom is 0.303 e. The SMILES string of the molecule is COc1ccc(C2CC(c3c(C)nc4ccc(Br)cc4c3-c3ccccc3)=NN2C(=O)CCC(=O)O)cc1. The topological polar surface area (TPSA) is 92.1 Å². The molecule has 0 saturated heterocycles. The molecule has 0 spiro atoms. The van der Waals surface area contributed by atoms with E-state index in [4.69, 9.17) is 19.9 Å². The van der Waals surface area contributed by atoms with Gasteiger partial charge in [0.25, 0.3) is 0 Å². The van der Waals surface area contributed by atoms with Gasteiger partial charge < -0.3 is 9.84 Å². The lowest BCUT2D eigenvalue weighted by molar-refractivity contribution is -0.141. The number of aromatic nitrogens is 1. The van der Waals surface area contributed by atoms with E-state index >= 15 is 0 Å². The molecule has 1 aliphatic heterocycles. The fourth-order valence-corrected chi connectivity index (χ4v) is 5.28.